The van der Waals surface area contributed by atoms with Crippen LogP contribution in [0.15, 0.2) is 42.6 Å². The van der Waals surface area contributed by atoms with Crippen LogP contribution < -0.4 is 0 Å². The first-order valence-corrected chi connectivity index (χ1v) is 7.63. The van der Waals surface area contributed by atoms with E-state index in [4.69, 9.17) is 12.2 Å². The highest BCUT2D eigenvalue weighted by molar-refractivity contribution is 7.71. The summed E-state index contributed by atoms with van der Waals surface area (Å²) in [5.74, 6) is 0.111. The van der Waals surface area contributed by atoms with Crippen molar-refractivity contribution in [3.8, 4) is 0 Å². The molecule has 0 radical (unpaired) electrons. The van der Waals surface area contributed by atoms with E-state index < -0.39 is 0 Å². The topological polar surface area (TPSA) is 36.1 Å². The molecule has 1 aromatic carbocycles. The standard InChI is InChI=1S/C17H18N2OS/c1-12-10-16(21)18-11-14(12)15-8-5-9-19(15)17(20)13-6-3-2-4-7-13/h2-4,6-7,10-11,15H,5,8-9H2,1H3,(H,18,21)/t15-/m1/s1. The van der Waals surface area contributed by atoms with E-state index in [-0.39, 0.29) is 11.9 Å². The number of carbonyl (C=O) groups is 1. The molecule has 1 aliphatic rings. The van der Waals surface area contributed by atoms with E-state index in [2.05, 4.69) is 11.9 Å². The number of nitrogens with zero attached hydrogens (tertiary/aromatic N) is 1. The number of carbonyl (C=O) groups excluding carboxylic acids is 1. The van der Waals surface area contributed by atoms with Crippen LogP contribution in [0.5, 0.6) is 0 Å². The molecule has 0 aliphatic carbocycles. The fourth-order valence-corrected chi connectivity index (χ4v) is 3.26. The number of hydrogen-bond acceptors (Lipinski definition) is 2. The van der Waals surface area contributed by atoms with Crippen molar-refractivity contribution >= 4 is 18.1 Å². The minimum atomic E-state index is 0.111. The first-order valence-electron chi connectivity index (χ1n) is 7.22. The number of pyridine rings is 1. The Hall–Kier alpha value is -1.94. The van der Waals surface area contributed by atoms with Crippen molar-refractivity contribution < 1.29 is 4.79 Å². The molecule has 4 heteroatoms. The van der Waals surface area contributed by atoms with Gasteiger partial charge < -0.3 is 9.88 Å². The number of aromatic nitrogens is 1. The lowest BCUT2D eigenvalue weighted by molar-refractivity contribution is 0.0735. The van der Waals surface area contributed by atoms with Crippen molar-refractivity contribution in [2.45, 2.75) is 25.8 Å². The predicted octanol–water partition coefficient (Wildman–Crippen LogP) is 4.03. The van der Waals surface area contributed by atoms with E-state index >= 15 is 0 Å². The highest BCUT2D eigenvalue weighted by Crippen LogP contribution is 2.34. The summed E-state index contributed by atoms with van der Waals surface area (Å²) in [6.07, 6.45) is 4.00. The fourth-order valence-electron chi connectivity index (χ4n) is 3.02. The van der Waals surface area contributed by atoms with Gasteiger partial charge in [0.05, 0.1) is 6.04 Å². The average molecular weight is 298 g/mol. The first kappa shape index (κ1) is 14.0. The van der Waals surface area contributed by atoms with E-state index in [0.717, 1.165) is 35.2 Å². The van der Waals surface area contributed by atoms with E-state index in [0.29, 0.717) is 0 Å². The van der Waals surface area contributed by atoms with Crippen molar-refractivity contribution in [3.63, 3.8) is 0 Å². The smallest absolute Gasteiger partial charge is 0.254 e. The number of aryl methyl sites for hydroxylation is 1. The Balaban J connectivity index is 1.92. The lowest BCUT2D eigenvalue weighted by Crippen LogP contribution is -2.30. The summed E-state index contributed by atoms with van der Waals surface area (Å²) in [5.41, 5.74) is 3.08. The van der Waals surface area contributed by atoms with Crippen LogP contribution in [0.25, 0.3) is 0 Å². The van der Waals surface area contributed by atoms with E-state index in [1.807, 2.05) is 47.5 Å². The molecule has 1 saturated heterocycles. The molecule has 3 rings (SSSR count). The lowest BCUT2D eigenvalue weighted by atomic mass is 10.0. The molecule has 0 spiro atoms. The maximum absolute atomic E-state index is 12.7. The van der Waals surface area contributed by atoms with Gasteiger partial charge in [0.15, 0.2) is 0 Å². The number of benzene rings is 1. The molecule has 0 bridgehead atoms. The van der Waals surface area contributed by atoms with Gasteiger partial charge in [-0.15, -0.1) is 0 Å². The van der Waals surface area contributed by atoms with Gasteiger partial charge in [0.25, 0.3) is 5.91 Å². The number of rotatable bonds is 2. The Bertz CT molecular complexity index is 708. The van der Waals surface area contributed by atoms with E-state index in [1.54, 1.807) is 0 Å². The number of H-pyrrole nitrogens is 1. The Labute approximate surface area is 129 Å². The molecule has 1 amide bonds. The van der Waals surface area contributed by atoms with Crippen LogP contribution in [-0.2, 0) is 0 Å². The van der Waals surface area contributed by atoms with Crippen molar-refractivity contribution in [3.05, 3.63) is 63.9 Å². The molecule has 3 nitrogen and oxygen atoms in total. The van der Waals surface area contributed by atoms with Crippen LogP contribution in [0.2, 0.25) is 0 Å². The number of likely N-dealkylation sites (tertiary alicyclic amines) is 1. The van der Waals surface area contributed by atoms with Crippen molar-refractivity contribution in [2.24, 2.45) is 0 Å². The van der Waals surface area contributed by atoms with Gasteiger partial charge >= 0.3 is 0 Å². The number of hydrogen-bond donors (Lipinski definition) is 1. The van der Waals surface area contributed by atoms with Crippen molar-refractivity contribution in [2.75, 3.05) is 6.54 Å². The van der Waals surface area contributed by atoms with Gasteiger partial charge in [0, 0.05) is 18.3 Å². The van der Waals surface area contributed by atoms with Crippen LogP contribution in [-0.4, -0.2) is 22.3 Å². The minimum Gasteiger partial charge on any atom is -0.353 e. The summed E-state index contributed by atoms with van der Waals surface area (Å²) < 4.78 is 0.732. The molecule has 2 heterocycles. The normalized spacial score (nSPS) is 18.0. The molecule has 0 saturated carbocycles. The predicted molar refractivity (Wildman–Crippen MR) is 85.8 cm³/mol. The average Bonchev–Trinajstić information content (AvgIpc) is 2.96. The number of nitrogens with one attached hydrogen (secondary N) is 1. The zero-order chi connectivity index (χ0) is 14.8. The van der Waals surface area contributed by atoms with Crippen molar-refractivity contribution in [1.29, 1.82) is 0 Å². The molecule has 0 unspecified atom stereocenters. The molecule has 21 heavy (non-hydrogen) atoms. The Morgan fingerprint density at radius 2 is 2.10 bits per heavy atom. The maximum atomic E-state index is 12.7. The largest absolute Gasteiger partial charge is 0.353 e. The van der Waals surface area contributed by atoms with E-state index in [1.165, 1.54) is 5.56 Å². The van der Waals surface area contributed by atoms with Crippen LogP contribution in [0, 0.1) is 11.6 Å². The lowest BCUT2D eigenvalue weighted by Gasteiger charge is -2.26. The molecule has 108 valence electrons. The Kier molecular flexibility index (Phi) is 3.88. The van der Waals surface area contributed by atoms with Gasteiger partial charge in [-0.25, -0.2) is 0 Å². The molecular formula is C17H18N2OS. The molecule has 1 atom stereocenters. The zero-order valence-electron chi connectivity index (χ0n) is 12.0. The summed E-state index contributed by atoms with van der Waals surface area (Å²) >= 11 is 5.16. The molecular weight excluding hydrogens is 280 g/mol. The molecule has 1 aromatic heterocycles. The molecule has 2 aromatic rings. The van der Waals surface area contributed by atoms with Gasteiger partial charge in [-0.1, -0.05) is 30.4 Å². The van der Waals surface area contributed by atoms with Crippen molar-refractivity contribution in [1.82, 2.24) is 9.88 Å². The number of aromatic amines is 1. The van der Waals surface area contributed by atoms with Crippen LogP contribution in [0.3, 0.4) is 0 Å². The zero-order valence-corrected chi connectivity index (χ0v) is 12.8. The summed E-state index contributed by atoms with van der Waals surface area (Å²) in [7, 11) is 0. The van der Waals surface area contributed by atoms with Gasteiger partial charge in [-0.3, -0.25) is 4.79 Å². The van der Waals surface area contributed by atoms with Crippen LogP contribution in [0.4, 0.5) is 0 Å². The second kappa shape index (κ2) is 5.82. The third kappa shape index (κ3) is 2.76. The quantitative estimate of drug-likeness (QED) is 0.850. The number of amides is 1. The highest BCUT2D eigenvalue weighted by Gasteiger charge is 2.31. The van der Waals surface area contributed by atoms with Gasteiger partial charge in [-0.2, -0.15) is 0 Å². The first-order chi connectivity index (χ1) is 10.2. The summed E-state index contributed by atoms with van der Waals surface area (Å²) in [6.45, 7) is 2.87. The second-order valence-electron chi connectivity index (χ2n) is 5.46. The summed E-state index contributed by atoms with van der Waals surface area (Å²) in [5, 5.41) is 0. The molecule has 1 aliphatic heterocycles. The SMILES string of the molecule is Cc1cc(=S)[nH]cc1[C@H]1CCCN1C(=O)c1ccccc1. The van der Waals surface area contributed by atoms with Gasteiger partial charge in [0.2, 0.25) is 0 Å². The summed E-state index contributed by atoms with van der Waals surface area (Å²) in [6, 6.07) is 11.6. The minimum absolute atomic E-state index is 0.111. The maximum Gasteiger partial charge on any atom is 0.254 e. The van der Waals surface area contributed by atoms with Gasteiger partial charge in [-0.05, 0) is 49.1 Å². The highest BCUT2D eigenvalue weighted by atomic mass is 32.1. The Morgan fingerprint density at radius 3 is 2.81 bits per heavy atom. The third-order valence-corrected chi connectivity index (χ3v) is 4.30. The fraction of sp³-hybridized carbons (Fsp3) is 0.294. The van der Waals surface area contributed by atoms with E-state index in [9.17, 15) is 4.79 Å². The van der Waals surface area contributed by atoms with Crippen LogP contribution in [0.1, 0.15) is 40.4 Å². The van der Waals surface area contributed by atoms with Gasteiger partial charge in [0.1, 0.15) is 4.64 Å². The second-order valence-corrected chi connectivity index (χ2v) is 5.90. The monoisotopic (exact) mass is 298 g/mol. The summed E-state index contributed by atoms with van der Waals surface area (Å²) in [4.78, 5) is 17.8. The Morgan fingerprint density at radius 1 is 1.33 bits per heavy atom. The molecule has 1 N–H and O–H groups in total. The molecule has 1 fully saturated rings. The third-order valence-electron chi connectivity index (χ3n) is 4.07. The van der Waals surface area contributed by atoms with Crippen LogP contribution >= 0.6 is 12.2 Å².